The van der Waals surface area contributed by atoms with Crippen molar-refractivity contribution in [3.05, 3.63) is 48.6 Å². The second-order valence-corrected chi connectivity index (χ2v) is 10.4. The first-order chi connectivity index (χ1) is 16.5. The van der Waals surface area contributed by atoms with Gasteiger partial charge in [-0.25, -0.2) is 0 Å². The number of amides is 2. The number of aliphatic hydroxyl groups is 1. The minimum atomic E-state index is -0.923. The number of likely N-dealkylation sites (tertiary alicyclic amines) is 1. The molecular formula is C25H28N2O6S. The van der Waals surface area contributed by atoms with Crippen LogP contribution in [0.25, 0.3) is 0 Å². The van der Waals surface area contributed by atoms with E-state index in [1.807, 2.05) is 37.3 Å². The van der Waals surface area contributed by atoms with E-state index in [4.69, 9.17) is 9.47 Å². The molecule has 1 N–H and O–H groups in total. The average Bonchev–Trinajstić information content (AvgIpc) is 3.15. The molecule has 4 aliphatic rings. The highest BCUT2D eigenvalue weighted by molar-refractivity contribution is 8.02. The van der Waals surface area contributed by atoms with Gasteiger partial charge in [-0.15, -0.1) is 11.8 Å². The van der Waals surface area contributed by atoms with Crippen LogP contribution in [0.4, 0.5) is 5.69 Å². The highest BCUT2D eigenvalue weighted by Crippen LogP contribution is 2.61. The molecule has 0 radical (unpaired) electrons. The molecule has 34 heavy (non-hydrogen) atoms. The Labute approximate surface area is 202 Å². The maximum atomic E-state index is 14.2. The number of hydrogen-bond donors (Lipinski definition) is 1. The Morgan fingerprint density at radius 1 is 1.21 bits per heavy atom. The minimum Gasteiger partial charge on any atom is -0.497 e. The number of cyclic esters (lactones) is 1. The number of nitrogens with zero attached hydrogens (tertiary/aromatic N) is 2. The second kappa shape index (κ2) is 8.78. The minimum absolute atomic E-state index is 0.182. The summed E-state index contributed by atoms with van der Waals surface area (Å²) in [6.07, 6.45) is 8.09. The smallest absolute Gasteiger partial charge is 0.311 e. The molecule has 0 aliphatic carbocycles. The number of benzene rings is 1. The molecule has 1 aromatic carbocycles. The van der Waals surface area contributed by atoms with Crippen LogP contribution in [0.1, 0.15) is 13.3 Å². The van der Waals surface area contributed by atoms with E-state index in [1.165, 1.54) is 11.8 Å². The Hall–Kier alpha value is -2.78. The molecule has 4 heterocycles. The number of rotatable bonds is 5. The van der Waals surface area contributed by atoms with E-state index in [1.54, 1.807) is 35.1 Å². The molecule has 0 aromatic heterocycles. The number of esters is 1. The lowest BCUT2D eigenvalue weighted by Crippen LogP contribution is -2.56. The fraction of sp³-hybridized carbons (Fsp3) is 0.480. The van der Waals surface area contributed by atoms with Crippen molar-refractivity contribution >= 4 is 35.2 Å². The zero-order chi connectivity index (χ0) is 24.0. The largest absolute Gasteiger partial charge is 0.497 e. The molecular weight excluding hydrogens is 456 g/mol. The third-order valence-corrected chi connectivity index (χ3v) is 9.05. The molecule has 6 atom stereocenters. The third-order valence-electron chi connectivity index (χ3n) is 7.31. The molecule has 2 fully saturated rings. The first-order valence-corrected chi connectivity index (χ1v) is 12.4. The number of anilines is 1. The highest BCUT2D eigenvalue weighted by atomic mass is 32.2. The number of carbonyl (C=O) groups is 3. The quantitative estimate of drug-likeness (QED) is 0.503. The van der Waals surface area contributed by atoms with Gasteiger partial charge in [-0.3, -0.25) is 14.4 Å². The van der Waals surface area contributed by atoms with Gasteiger partial charge >= 0.3 is 5.97 Å². The summed E-state index contributed by atoms with van der Waals surface area (Å²) in [5.41, 5.74) is 0.692. The van der Waals surface area contributed by atoms with E-state index in [2.05, 4.69) is 0 Å². The Kier molecular flexibility index (Phi) is 5.93. The van der Waals surface area contributed by atoms with Gasteiger partial charge in [0.15, 0.2) is 0 Å². The Bertz CT molecular complexity index is 1050. The highest BCUT2D eigenvalue weighted by Gasteiger charge is 2.71. The summed E-state index contributed by atoms with van der Waals surface area (Å²) in [7, 11) is 1.58. The van der Waals surface area contributed by atoms with Crippen LogP contribution in [-0.2, 0) is 19.1 Å². The van der Waals surface area contributed by atoms with E-state index in [0.29, 0.717) is 24.4 Å². The number of fused-ring (bicyclic) bond motifs is 2. The van der Waals surface area contributed by atoms with Crippen molar-refractivity contribution in [2.45, 2.75) is 35.4 Å². The van der Waals surface area contributed by atoms with E-state index < -0.39 is 34.6 Å². The maximum absolute atomic E-state index is 14.2. The summed E-state index contributed by atoms with van der Waals surface area (Å²) in [5, 5.41) is 9.87. The van der Waals surface area contributed by atoms with Crippen LogP contribution in [0.15, 0.2) is 48.6 Å². The summed E-state index contributed by atoms with van der Waals surface area (Å²) in [6, 6.07) is 5.84. The lowest BCUT2D eigenvalue weighted by Gasteiger charge is -2.38. The van der Waals surface area contributed by atoms with Gasteiger partial charge in [-0.2, -0.15) is 0 Å². The predicted molar refractivity (Wildman–Crippen MR) is 127 cm³/mol. The lowest BCUT2D eigenvalue weighted by molar-refractivity contribution is -0.152. The van der Waals surface area contributed by atoms with Crippen molar-refractivity contribution in [3.63, 3.8) is 0 Å². The number of thioether (sulfide) groups is 1. The van der Waals surface area contributed by atoms with Gasteiger partial charge in [0.2, 0.25) is 5.91 Å². The number of aliphatic hydroxyl groups excluding tert-OH is 1. The van der Waals surface area contributed by atoms with E-state index in [-0.39, 0.29) is 30.3 Å². The molecule has 1 aromatic rings. The van der Waals surface area contributed by atoms with Crippen LogP contribution >= 0.6 is 11.8 Å². The summed E-state index contributed by atoms with van der Waals surface area (Å²) in [5.74, 6) is -1.64. The Balaban J connectivity index is 1.62. The van der Waals surface area contributed by atoms with Gasteiger partial charge in [0.05, 0.1) is 36.3 Å². The lowest BCUT2D eigenvalue weighted by atomic mass is 9.78. The molecule has 1 unspecified atom stereocenters. The number of carbonyl (C=O) groups excluding carboxylic acids is 3. The molecule has 2 amide bonds. The second-order valence-electron chi connectivity index (χ2n) is 8.94. The standard InChI is InChI=1S/C25H28N2O6S/c1-3-15(14-28)27-21-23(30)26(16-7-9-17(32-2)10-8-16)12-5-11-25(21)20(22(27)29)19-18(34-25)6-4-13-33-24(19)31/h4-11,15,18-21,28H,3,12-14H2,1-2H3/t15-,18-,19+,20-,21?,25-/m0/s1. The Morgan fingerprint density at radius 3 is 2.65 bits per heavy atom. The van der Waals surface area contributed by atoms with Gasteiger partial charge in [0.1, 0.15) is 18.4 Å². The van der Waals surface area contributed by atoms with Crippen molar-refractivity contribution in [1.82, 2.24) is 4.90 Å². The van der Waals surface area contributed by atoms with Crippen LogP contribution in [0, 0.1) is 11.8 Å². The molecule has 2 saturated heterocycles. The molecule has 0 bridgehead atoms. The number of hydrogen-bond acceptors (Lipinski definition) is 7. The average molecular weight is 485 g/mol. The van der Waals surface area contributed by atoms with E-state index in [0.717, 1.165) is 0 Å². The van der Waals surface area contributed by atoms with Gasteiger partial charge < -0.3 is 24.4 Å². The first-order valence-electron chi connectivity index (χ1n) is 11.5. The van der Waals surface area contributed by atoms with Crippen molar-refractivity contribution in [1.29, 1.82) is 0 Å². The topological polar surface area (TPSA) is 96.4 Å². The molecule has 5 rings (SSSR count). The monoisotopic (exact) mass is 484 g/mol. The molecule has 0 saturated carbocycles. The molecule has 4 aliphatic heterocycles. The number of ether oxygens (including phenoxy) is 2. The molecule has 1 spiro atoms. The summed E-state index contributed by atoms with van der Waals surface area (Å²) in [4.78, 5) is 44.3. The fourth-order valence-corrected chi connectivity index (χ4v) is 7.70. The zero-order valence-electron chi connectivity index (χ0n) is 19.1. The fourth-order valence-electron chi connectivity index (χ4n) is 5.71. The van der Waals surface area contributed by atoms with Crippen LogP contribution < -0.4 is 9.64 Å². The van der Waals surface area contributed by atoms with Gasteiger partial charge in [0, 0.05) is 17.5 Å². The summed E-state index contributed by atoms with van der Waals surface area (Å²) < 4.78 is 9.70. The van der Waals surface area contributed by atoms with Gasteiger partial charge in [-0.1, -0.05) is 31.2 Å². The van der Waals surface area contributed by atoms with Crippen molar-refractivity contribution in [2.75, 3.05) is 31.8 Å². The summed E-state index contributed by atoms with van der Waals surface area (Å²) in [6.45, 7) is 2.14. The van der Waals surface area contributed by atoms with Crippen molar-refractivity contribution in [3.8, 4) is 5.75 Å². The normalized spacial score (nSPS) is 33.1. The predicted octanol–water partition coefficient (Wildman–Crippen LogP) is 1.78. The SMILES string of the molecule is CC[C@@H](CO)N1C(=O)[C@@H]2[C@@H]3C(=O)OCC=C[C@@H]3S[C@@]23C=CCN(c2ccc(OC)cc2)C(=O)C13. The summed E-state index contributed by atoms with van der Waals surface area (Å²) >= 11 is 1.49. The van der Waals surface area contributed by atoms with Crippen molar-refractivity contribution in [2.24, 2.45) is 11.8 Å². The van der Waals surface area contributed by atoms with Crippen LogP contribution in [0.5, 0.6) is 5.75 Å². The van der Waals surface area contributed by atoms with Crippen LogP contribution in [0.2, 0.25) is 0 Å². The van der Waals surface area contributed by atoms with Gasteiger partial charge in [0.25, 0.3) is 5.91 Å². The number of methoxy groups -OCH3 is 1. The van der Waals surface area contributed by atoms with Crippen molar-refractivity contribution < 1.29 is 29.0 Å². The molecule has 180 valence electrons. The molecule has 8 nitrogen and oxygen atoms in total. The van der Waals surface area contributed by atoms with Crippen LogP contribution in [0.3, 0.4) is 0 Å². The third kappa shape index (κ3) is 3.28. The van der Waals surface area contributed by atoms with Crippen LogP contribution in [-0.4, -0.2) is 76.7 Å². The zero-order valence-corrected chi connectivity index (χ0v) is 19.9. The van der Waals surface area contributed by atoms with Gasteiger partial charge in [-0.05, 0) is 30.7 Å². The molecule has 9 heteroatoms. The van der Waals surface area contributed by atoms with E-state index >= 15 is 0 Å². The maximum Gasteiger partial charge on any atom is 0.311 e. The van der Waals surface area contributed by atoms with E-state index in [9.17, 15) is 19.5 Å². The Morgan fingerprint density at radius 2 is 1.97 bits per heavy atom. The first kappa shape index (κ1) is 23.0.